The summed E-state index contributed by atoms with van der Waals surface area (Å²) in [4.78, 5) is 8.35. The van der Waals surface area contributed by atoms with Gasteiger partial charge in [-0.3, -0.25) is 4.57 Å². The second-order valence-corrected chi connectivity index (χ2v) is 3.08. The topological polar surface area (TPSA) is 46.5 Å². The van der Waals surface area contributed by atoms with Gasteiger partial charge in [0, 0.05) is 29.0 Å². The van der Waals surface area contributed by atoms with Crippen molar-refractivity contribution in [2.75, 3.05) is 13.3 Å². The van der Waals surface area contributed by atoms with Gasteiger partial charge in [0.05, 0.1) is 6.61 Å². The maximum Gasteiger partial charge on any atom is 0.325 e. The normalized spacial score (nSPS) is 16.4. The van der Waals surface area contributed by atoms with Crippen molar-refractivity contribution in [3.05, 3.63) is 0 Å². The van der Waals surface area contributed by atoms with Gasteiger partial charge in [-0.05, 0) is 6.92 Å². The summed E-state index contributed by atoms with van der Waals surface area (Å²) in [5.74, 6) is 0. The van der Waals surface area contributed by atoms with Crippen LogP contribution in [0.4, 0.5) is 0 Å². The summed E-state index contributed by atoms with van der Waals surface area (Å²) in [7, 11) is -3.17. The third kappa shape index (κ3) is 10.00. The van der Waals surface area contributed by atoms with E-state index in [1.807, 2.05) is 0 Å². The van der Waals surface area contributed by atoms with E-state index in [4.69, 9.17) is 4.89 Å². The summed E-state index contributed by atoms with van der Waals surface area (Å²) in [6.45, 7) is 3.13. The van der Waals surface area contributed by atoms with E-state index in [1.54, 1.807) is 6.92 Å². The van der Waals surface area contributed by atoms with Crippen LogP contribution in [0.1, 0.15) is 6.92 Å². The second kappa shape index (κ2) is 4.74. The van der Waals surface area contributed by atoms with Gasteiger partial charge in [0.15, 0.2) is 0 Å². The van der Waals surface area contributed by atoms with Gasteiger partial charge in [-0.25, -0.2) is 0 Å². The molecule has 0 fully saturated rings. The molecule has 0 aliphatic heterocycles. The average Bonchev–Trinajstić information content (AvgIpc) is 1.30. The molecule has 0 amide bonds. The largest absolute Gasteiger partial charge is 0.325 e. The molecule has 3 nitrogen and oxygen atoms in total. The number of hydrogen-bond acceptors (Lipinski definition) is 2. The van der Waals surface area contributed by atoms with E-state index < -0.39 is 7.60 Å². The Bertz CT molecular complexity index is 88.5. The molecule has 55 valence electrons. The summed E-state index contributed by atoms with van der Waals surface area (Å²) in [6, 6.07) is 0. The predicted molar refractivity (Wildman–Crippen MR) is 27.4 cm³/mol. The van der Waals surface area contributed by atoms with Crippen LogP contribution in [-0.2, 0) is 31.5 Å². The van der Waals surface area contributed by atoms with Gasteiger partial charge >= 0.3 is 7.60 Å². The molecule has 0 aliphatic rings. The number of rotatable bonds is 2. The minimum atomic E-state index is -3.17. The Balaban J connectivity index is 0. The molecule has 0 rings (SSSR count). The Kier molecular flexibility index (Phi) is 6.91. The third-order valence-electron chi connectivity index (χ3n) is 0.369. The molecule has 0 saturated carbocycles. The van der Waals surface area contributed by atoms with Crippen LogP contribution in [0, 0.1) is 0 Å². The van der Waals surface area contributed by atoms with Gasteiger partial charge in [-0.2, -0.15) is 0 Å². The van der Waals surface area contributed by atoms with Gasteiger partial charge in [0.25, 0.3) is 0 Å². The molecule has 1 unspecified atom stereocenters. The van der Waals surface area contributed by atoms with Crippen molar-refractivity contribution in [1.82, 2.24) is 0 Å². The fourth-order valence-electron chi connectivity index (χ4n) is 0.240. The van der Waals surface area contributed by atoms with E-state index in [0.717, 1.165) is 6.66 Å². The Morgan fingerprint density at radius 3 is 2.12 bits per heavy atom. The molecule has 1 atom stereocenters. The van der Waals surface area contributed by atoms with Crippen molar-refractivity contribution in [2.45, 2.75) is 6.92 Å². The first kappa shape index (κ1) is 11.7. The first-order valence-electron chi connectivity index (χ1n) is 2.01. The van der Waals surface area contributed by atoms with Crippen LogP contribution in [-0.4, -0.2) is 18.2 Å². The summed E-state index contributed by atoms with van der Waals surface area (Å²) in [6.07, 6.45) is 0. The van der Waals surface area contributed by atoms with Crippen molar-refractivity contribution >= 4 is 7.60 Å². The summed E-state index contributed by atoms with van der Waals surface area (Å²) < 4.78 is 14.5. The molecule has 1 N–H and O–H groups in total. The fraction of sp³-hybridized carbons (Fsp3) is 1.00. The van der Waals surface area contributed by atoms with Crippen LogP contribution in [0.3, 0.4) is 0 Å². The second-order valence-electron chi connectivity index (χ2n) is 1.22. The van der Waals surface area contributed by atoms with Gasteiger partial charge in [0.2, 0.25) is 0 Å². The Morgan fingerprint density at radius 1 is 1.75 bits per heavy atom. The smallest absolute Gasteiger partial charge is 0.324 e. The quantitative estimate of drug-likeness (QED) is 0.566. The zero-order chi connectivity index (χ0) is 5.91. The fourth-order valence-corrected chi connectivity index (χ4v) is 0.719. The van der Waals surface area contributed by atoms with Crippen molar-refractivity contribution in [3.63, 3.8) is 0 Å². The molecule has 0 aromatic rings. The molecule has 0 aromatic heterocycles. The van der Waals surface area contributed by atoms with Gasteiger partial charge < -0.3 is 9.42 Å². The minimum absolute atomic E-state index is 0. The van der Waals surface area contributed by atoms with Gasteiger partial charge in [0.1, 0.15) is 0 Å². The van der Waals surface area contributed by atoms with E-state index in [2.05, 4.69) is 4.52 Å². The van der Waals surface area contributed by atoms with Crippen LogP contribution in [0.5, 0.6) is 0 Å². The average molecular weight is 232 g/mol. The molecule has 8 heavy (non-hydrogen) atoms. The molecule has 0 saturated heterocycles. The van der Waals surface area contributed by atoms with E-state index >= 15 is 0 Å². The van der Waals surface area contributed by atoms with Crippen LogP contribution in [0.2, 0.25) is 0 Å². The van der Waals surface area contributed by atoms with Crippen LogP contribution in [0.15, 0.2) is 0 Å². The van der Waals surface area contributed by atoms with Crippen LogP contribution >= 0.6 is 7.60 Å². The molecule has 0 heterocycles. The standard InChI is InChI=1S/C3H9O3P.Ag/c1-3-6-7(2,4)5;/h3H2,1-2H3,(H,4,5);. The summed E-state index contributed by atoms with van der Waals surface area (Å²) in [5, 5.41) is 0. The van der Waals surface area contributed by atoms with E-state index in [0.29, 0.717) is 6.61 Å². The van der Waals surface area contributed by atoms with Crippen LogP contribution < -0.4 is 0 Å². The van der Waals surface area contributed by atoms with Crippen molar-refractivity contribution in [1.29, 1.82) is 0 Å². The minimum Gasteiger partial charge on any atom is -0.324 e. The van der Waals surface area contributed by atoms with Crippen molar-refractivity contribution < 1.29 is 36.4 Å². The van der Waals surface area contributed by atoms with Crippen molar-refractivity contribution in [2.24, 2.45) is 0 Å². The third-order valence-corrected chi connectivity index (χ3v) is 1.11. The Hall–Kier alpha value is 0.890. The Labute approximate surface area is 64.5 Å². The van der Waals surface area contributed by atoms with Gasteiger partial charge in [-0.15, -0.1) is 0 Å². The molecule has 0 bridgehead atoms. The monoisotopic (exact) mass is 231 g/mol. The maximum absolute atomic E-state index is 10.1. The summed E-state index contributed by atoms with van der Waals surface area (Å²) in [5.41, 5.74) is 0. The molecule has 0 aromatic carbocycles. The SMILES string of the molecule is CCOP(C)(=O)O.[Ag]. The first-order valence-corrected chi connectivity index (χ1v) is 4.03. The molecule has 1 radical (unpaired) electrons. The van der Waals surface area contributed by atoms with Gasteiger partial charge in [-0.1, -0.05) is 0 Å². The maximum atomic E-state index is 10.1. The summed E-state index contributed by atoms with van der Waals surface area (Å²) >= 11 is 0. The molecular weight excluding hydrogens is 223 g/mol. The predicted octanol–water partition coefficient (Wildman–Crippen LogP) is 0.836. The van der Waals surface area contributed by atoms with Crippen LogP contribution in [0.25, 0.3) is 0 Å². The Morgan fingerprint density at radius 2 is 2.12 bits per heavy atom. The molecule has 0 spiro atoms. The zero-order valence-corrected chi connectivity index (χ0v) is 7.10. The van der Waals surface area contributed by atoms with E-state index in [-0.39, 0.29) is 22.4 Å². The van der Waals surface area contributed by atoms with E-state index in [9.17, 15) is 4.57 Å². The number of hydrogen-bond donors (Lipinski definition) is 1. The molecule has 0 aliphatic carbocycles. The zero-order valence-electron chi connectivity index (χ0n) is 4.72. The van der Waals surface area contributed by atoms with Crippen molar-refractivity contribution in [3.8, 4) is 0 Å². The molecule has 5 heteroatoms. The first-order chi connectivity index (χ1) is 3.06. The van der Waals surface area contributed by atoms with E-state index in [1.165, 1.54) is 0 Å². The molecular formula is C3H9AgO3P.